The van der Waals surface area contributed by atoms with E-state index in [2.05, 4.69) is 15.0 Å². The molecule has 94 valence electrons. The number of ether oxygens (including phenoxy) is 1. The first-order valence-electron chi connectivity index (χ1n) is 4.87. The topological polar surface area (TPSA) is 64.4 Å². The largest absolute Gasteiger partial charge is 0.479 e. The van der Waals surface area contributed by atoms with Crippen molar-refractivity contribution in [1.82, 2.24) is 5.16 Å². The first-order valence-corrected chi connectivity index (χ1v) is 4.87. The molecule has 0 saturated carbocycles. The number of carbonyl (C=O) groups excluding carboxylic acids is 1. The highest BCUT2D eigenvalue weighted by Crippen LogP contribution is 2.17. The van der Waals surface area contributed by atoms with Crippen molar-refractivity contribution < 1.29 is 22.8 Å². The third kappa shape index (κ3) is 2.45. The molecule has 0 unspecified atom stereocenters. The van der Waals surface area contributed by atoms with Gasteiger partial charge < -0.3 is 14.6 Å². The Labute approximate surface area is 100 Å². The molecule has 1 aromatic carbocycles. The first-order chi connectivity index (χ1) is 8.60. The fraction of sp³-hybridized carbons (Fsp3) is 0.0909. The summed E-state index contributed by atoms with van der Waals surface area (Å²) in [6.45, 7) is 0. The average Bonchev–Trinajstić information content (AvgIpc) is 2.82. The van der Waals surface area contributed by atoms with Gasteiger partial charge in [0.1, 0.15) is 11.6 Å². The van der Waals surface area contributed by atoms with E-state index in [9.17, 15) is 13.6 Å². The number of hydrogen-bond acceptors (Lipinski definition) is 4. The highest BCUT2D eigenvalue weighted by atomic mass is 19.1. The van der Waals surface area contributed by atoms with E-state index >= 15 is 0 Å². The van der Waals surface area contributed by atoms with Crippen LogP contribution in [0.4, 0.5) is 14.5 Å². The summed E-state index contributed by atoms with van der Waals surface area (Å²) >= 11 is 0. The number of benzene rings is 1. The lowest BCUT2D eigenvalue weighted by Crippen LogP contribution is -2.12. The van der Waals surface area contributed by atoms with Gasteiger partial charge in [0, 0.05) is 6.07 Å². The molecule has 0 aliphatic heterocycles. The monoisotopic (exact) mass is 254 g/mol. The molecule has 0 bridgehead atoms. The van der Waals surface area contributed by atoms with E-state index in [1.165, 1.54) is 13.2 Å². The number of nitrogens with one attached hydrogen (secondary N) is 1. The third-order valence-electron chi connectivity index (χ3n) is 2.10. The standard InChI is InChI=1S/C11H8F2N2O3/c1-17-10-5-9(18-15-10)11(16)14-8-4-6(12)2-3-7(8)13/h2-5H,1H3,(H,14,16). The molecule has 2 rings (SSSR count). The van der Waals surface area contributed by atoms with E-state index < -0.39 is 17.5 Å². The minimum absolute atomic E-state index is 0.111. The molecule has 0 aliphatic rings. The maximum absolute atomic E-state index is 13.3. The van der Waals surface area contributed by atoms with Crippen molar-refractivity contribution in [2.24, 2.45) is 0 Å². The Morgan fingerprint density at radius 2 is 2.17 bits per heavy atom. The van der Waals surface area contributed by atoms with E-state index in [4.69, 9.17) is 4.74 Å². The van der Waals surface area contributed by atoms with E-state index in [1.54, 1.807) is 0 Å². The van der Waals surface area contributed by atoms with Crippen LogP contribution >= 0.6 is 0 Å². The molecular weight excluding hydrogens is 246 g/mol. The van der Waals surface area contributed by atoms with Crippen LogP contribution in [0.25, 0.3) is 0 Å². The van der Waals surface area contributed by atoms with Gasteiger partial charge in [0.25, 0.3) is 11.8 Å². The van der Waals surface area contributed by atoms with Gasteiger partial charge in [0.15, 0.2) is 0 Å². The van der Waals surface area contributed by atoms with Gasteiger partial charge in [0.2, 0.25) is 5.76 Å². The molecule has 18 heavy (non-hydrogen) atoms. The maximum Gasteiger partial charge on any atom is 0.294 e. The zero-order valence-electron chi connectivity index (χ0n) is 9.24. The van der Waals surface area contributed by atoms with Gasteiger partial charge in [-0.2, -0.15) is 0 Å². The SMILES string of the molecule is COc1cc(C(=O)Nc2cc(F)ccc2F)on1. The van der Waals surface area contributed by atoms with Crippen LogP contribution in [0.5, 0.6) is 5.88 Å². The second-order valence-electron chi connectivity index (χ2n) is 3.31. The molecule has 0 aliphatic carbocycles. The van der Waals surface area contributed by atoms with Crippen molar-refractivity contribution in [2.75, 3.05) is 12.4 Å². The fourth-order valence-corrected chi connectivity index (χ4v) is 1.24. The molecule has 2 aromatic rings. The number of anilines is 1. The molecule has 0 spiro atoms. The van der Waals surface area contributed by atoms with Crippen molar-refractivity contribution in [3.8, 4) is 5.88 Å². The Bertz CT molecular complexity index is 583. The second kappa shape index (κ2) is 4.82. The van der Waals surface area contributed by atoms with Crippen molar-refractivity contribution in [2.45, 2.75) is 0 Å². The van der Waals surface area contributed by atoms with Crippen LogP contribution in [0.2, 0.25) is 0 Å². The number of amides is 1. The zero-order valence-corrected chi connectivity index (χ0v) is 9.24. The Kier molecular flexibility index (Phi) is 3.22. The normalized spacial score (nSPS) is 10.2. The molecule has 0 radical (unpaired) electrons. The Hall–Kier alpha value is -2.44. The van der Waals surface area contributed by atoms with Crippen LogP contribution in [0.15, 0.2) is 28.8 Å². The lowest BCUT2D eigenvalue weighted by atomic mass is 10.3. The Morgan fingerprint density at radius 1 is 1.39 bits per heavy atom. The number of aromatic nitrogens is 1. The minimum Gasteiger partial charge on any atom is -0.479 e. The first kappa shape index (κ1) is 12.0. The van der Waals surface area contributed by atoms with Crippen LogP contribution in [-0.4, -0.2) is 18.2 Å². The molecule has 7 heteroatoms. The number of nitrogens with zero attached hydrogens (tertiary/aromatic N) is 1. The van der Waals surface area contributed by atoms with E-state index in [0.29, 0.717) is 0 Å². The molecule has 0 fully saturated rings. The van der Waals surface area contributed by atoms with E-state index in [-0.39, 0.29) is 17.3 Å². The van der Waals surface area contributed by atoms with Gasteiger partial charge >= 0.3 is 0 Å². The van der Waals surface area contributed by atoms with Crippen LogP contribution in [0.1, 0.15) is 10.6 Å². The van der Waals surface area contributed by atoms with Crippen LogP contribution < -0.4 is 10.1 Å². The predicted molar refractivity (Wildman–Crippen MR) is 57.4 cm³/mol. The van der Waals surface area contributed by atoms with Crippen molar-refractivity contribution in [3.63, 3.8) is 0 Å². The molecular formula is C11H8F2N2O3. The average molecular weight is 254 g/mol. The number of hydrogen-bond donors (Lipinski definition) is 1. The van der Waals surface area contributed by atoms with Crippen LogP contribution in [0.3, 0.4) is 0 Å². The summed E-state index contributed by atoms with van der Waals surface area (Å²) in [4.78, 5) is 11.6. The van der Waals surface area contributed by atoms with E-state index in [1.807, 2.05) is 0 Å². The summed E-state index contributed by atoms with van der Waals surface area (Å²) in [7, 11) is 1.35. The van der Waals surface area contributed by atoms with Gasteiger partial charge in [-0.25, -0.2) is 8.78 Å². The summed E-state index contributed by atoms with van der Waals surface area (Å²) in [6, 6.07) is 3.95. The van der Waals surface area contributed by atoms with Crippen molar-refractivity contribution in [3.05, 3.63) is 41.7 Å². The number of halogens is 2. The maximum atomic E-state index is 13.3. The van der Waals surface area contributed by atoms with Gasteiger partial charge in [-0.05, 0) is 17.3 Å². The lowest BCUT2D eigenvalue weighted by Gasteiger charge is -2.03. The quantitative estimate of drug-likeness (QED) is 0.912. The molecule has 1 aromatic heterocycles. The lowest BCUT2D eigenvalue weighted by molar-refractivity contribution is 0.0987. The van der Waals surface area contributed by atoms with Gasteiger partial charge in [-0.1, -0.05) is 0 Å². The summed E-state index contributed by atoms with van der Waals surface area (Å²) in [5.41, 5.74) is -0.282. The van der Waals surface area contributed by atoms with Gasteiger partial charge in [-0.3, -0.25) is 4.79 Å². The molecule has 1 N–H and O–H groups in total. The highest BCUT2D eigenvalue weighted by molar-refractivity contribution is 6.02. The second-order valence-corrected chi connectivity index (χ2v) is 3.31. The van der Waals surface area contributed by atoms with E-state index in [0.717, 1.165) is 18.2 Å². The van der Waals surface area contributed by atoms with Gasteiger partial charge in [0.05, 0.1) is 18.9 Å². The zero-order chi connectivity index (χ0) is 13.1. The van der Waals surface area contributed by atoms with Crippen molar-refractivity contribution in [1.29, 1.82) is 0 Å². The molecule has 1 amide bonds. The van der Waals surface area contributed by atoms with Crippen LogP contribution in [0, 0.1) is 11.6 Å². The fourth-order valence-electron chi connectivity index (χ4n) is 1.24. The molecule has 0 atom stereocenters. The number of rotatable bonds is 3. The molecule has 5 nitrogen and oxygen atoms in total. The molecule has 0 saturated heterocycles. The molecule has 1 heterocycles. The summed E-state index contributed by atoms with van der Waals surface area (Å²) in [6.07, 6.45) is 0. The van der Waals surface area contributed by atoms with Crippen molar-refractivity contribution >= 4 is 11.6 Å². The number of methoxy groups -OCH3 is 1. The third-order valence-corrected chi connectivity index (χ3v) is 2.10. The smallest absolute Gasteiger partial charge is 0.294 e. The minimum atomic E-state index is -0.754. The summed E-state index contributed by atoms with van der Waals surface area (Å²) < 4.78 is 35.5. The highest BCUT2D eigenvalue weighted by Gasteiger charge is 2.15. The Balaban J connectivity index is 2.18. The van der Waals surface area contributed by atoms with Crippen LogP contribution in [-0.2, 0) is 0 Å². The summed E-state index contributed by atoms with van der Waals surface area (Å²) in [5, 5.41) is 5.57. The predicted octanol–water partition coefficient (Wildman–Crippen LogP) is 2.21. The number of carbonyl (C=O) groups is 1. The Morgan fingerprint density at radius 3 is 2.83 bits per heavy atom. The van der Waals surface area contributed by atoms with Gasteiger partial charge in [-0.15, -0.1) is 0 Å². The summed E-state index contributed by atoms with van der Waals surface area (Å²) in [5.74, 6) is -2.23.